The number of carboxylic acid groups (broad SMARTS) is 1. The van der Waals surface area contributed by atoms with Crippen LogP contribution in [-0.2, 0) is 10.3 Å². The minimum atomic E-state index is -4.36. The normalized spacial score (nSPS) is 10.2. The van der Waals surface area contributed by atoms with Gasteiger partial charge in [-0.05, 0) is 18.2 Å². The van der Waals surface area contributed by atoms with Crippen molar-refractivity contribution in [1.29, 1.82) is 0 Å². The molecule has 0 heterocycles. The number of carboxylic acids is 1. The van der Waals surface area contributed by atoms with Crippen LogP contribution in [0.2, 0.25) is 0 Å². The van der Waals surface area contributed by atoms with Crippen LogP contribution in [0.1, 0.15) is 10.4 Å². The number of hydrogen-bond donors (Lipinski definition) is 3. The van der Waals surface area contributed by atoms with Crippen molar-refractivity contribution in [2.24, 2.45) is 0 Å². The summed E-state index contributed by atoms with van der Waals surface area (Å²) in [4.78, 5) is 10.5. The van der Waals surface area contributed by atoms with Crippen LogP contribution in [0.3, 0.4) is 0 Å². The van der Waals surface area contributed by atoms with E-state index in [1.54, 1.807) is 4.72 Å². The van der Waals surface area contributed by atoms with Crippen LogP contribution in [-0.4, -0.2) is 53.6 Å². The second kappa shape index (κ2) is 5.47. The van der Waals surface area contributed by atoms with Gasteiger partial charge in [-0.15, -0.1) is 0 Å². The van der Waals surface area contributed by atoms with Crippen LogP contribution < -0.4 is 4.72 Å². The molecular weight excluding hydrogens is 233 g/mol. The summed E-state index contributed by atoms with van der Waals surface area (Å²) in [6, 6.07) is 5.07. The molecule has 78 valence electrons. The first-order chi connectivity index (χ1) is 6.38. The number of aromatic carboxylic acids is 1. The van der Waals surface area contributed by atoms with Crippen molar-refractivity contribution in [1.82, 2.24) is 0 Å². The first kappa shape index (κ1) is 14.4. The molecule has 6 nitrogen and oxygen atoms in total. The van der Waals surface area contributed by atoms with Crippen molar-refractivity contribution in [2.75, 3.05) is 4.72 Å². The second-order valence-corrected chi connectivity index (χ2v) is 3.62. The third-order valence-electron chi connectivity index (χ3n) is 1.36. The van der Waals surface area contributed by atoms with Crippen LogP contribution in [0.4, 0.5) is 5.69 Å². The van der Waals surface area contributed by atoms with Crippen molar-refractivity contribution < 1.29 is 22.9 Å². The molecule has 1 aromatic rings. The van der Waals surface area contributed by atoms with Gasteiger partial charge in [0.25, 0.3) is 0 Å². The Morgan fingerprint density at radius 2 is 1.93 bits per heavy atom. The van der Waals surface area contributed by atoms with E-state index in [1.165, 1.54) is 18.2 Å². The maximum atomic E-state index is 10.5. The zero-order valence-electron chi connectivity index (χ0n) is 6.84. The Bertz CT molecular complexity index is 458. The third kappa shape index (κ3) is 5.14. The average molecular weight is 241 g/mol. The van der Waals surface area contributed by atoms with Crippen molar-refractivity contribution in [3.05, 3.63) is 29.8 Å². The Kier molecular flexibility index (Phi) is 5.26. The van der Waals surface area contributed by atoms with Gasteiger partial charge in [0.2, 0.25) is 0 Å². The molecule has 0 aromatic heterocycles. The van der Waals surface area contributed by atoms with Gasteiger partial charge >= 0.3 is 45.8 Å². The standard InChI is InChI=1S/C7H7NO5S.Na.H/c9-7(10)5-2-1-3-6(4-5)8-14(11,12)13;;/h1-4,8H,(H,9,10)(H,11,12,13);;. The molecule has 0 saturated carbocycles. The van der Waals surface area contributed by atoms with Gasteiger partial charge in [0.15, 0.2) is 0 Å². The van der Waals surface area contributed by atoms with Gasteiger partial charge in [-0.2, -0.15) is 8.42 Å². The number of benzene rings is 1. The van der Waals surface area contributed by atoms with E-state index in [4.69, 9.17) is 9.66 Å². The van der Waals surface area contributed by atoms with Crippen LogP contribution >= 0.6 is 0 Å². The number of rotatable bonds is 3. The van der Waals surface area contributed by atoms with E-state index in [0.29, 0.717) is 0 Å². The zero-order chi connectivity index (χ0) is 10.8. The van der Waals surface area contributed by atoms with Crippen molar-refractivity contribution in [3.63, 3.8) is 0 Å². The fourth-order valence-corrected chi connectivity index (χ4v) is 1.29. The molecule has 1 rings (SSSR count). The van der Waals surface area contributed by atoms with E-state index in [0.717, 1.165) is 6.07 Å². The number of nitrogens with one attached hydrogen (secondary N) is 1. The molecule has 3 N–H and O–H groups in total. The molecule has 15 heavy (non-hydrogen) atoms. The molecule has 0 bridgehead atoms. The van der Waals surface area contributed by atoms with E-state index < -0.39 is 16.3 Å². The number of carbonyl (C=O) groups is 1. The van der Waals surface area contributed by atoms with Gasteiger partial charge in [-0.1, -0.05) is 6.07 Å². The molecule has 0 saturated heterocycles. The molecule has 0 atom stereocenters. The summed E-state index contributed by atoms with van der Waals surface area (Å²) < 4.78 is 30.9. The quantitative estimate of drug-likeness (QED) is 0.508. The molecule has 0 aliphatic heterocycles. The Labute approximate surface area is 108 Å². The molecule has 0 radical (unpaired) electrons. The molecule has 0 spiro atoms. The molecule has 0 amide bonds. The first-order valence-electron chi connectivity index (χ1n) is 3.47. The summed E-state index contributed by atoms with van der Waals surface area (Å²) in [5, 5.41) is 8.57. The van der Waals surface area contributed by atoms with E-state index in [2.05, 4.69) is 0 Å². The van der Waals surface area contributed by atoms with E-state index in [9.17, 15) is 13.2 Å². The van der Waals surface area contributed by atoms with Crippen LogP contribution in [0.5, 0.6) is 0 Å². The van der Waals surface area contributed by atoms with Gasteiger partial charge in [0.1, 0.15) is 0 Å². The summed E-state index contributed by atoms with van der Waals surface area (Å²) in [7, 11) is -4.36. The second-order valence-electron chi connectivity index (χ2n) is 2.46. The summed E-state index contributed by atoms with van der Waals surface area (Å²) in [6.07, 6.45) is 0. The van der Waals surface area contributed by atoms with Crippen LogP contribution in [0, 0.1) is 0 Å². The predicted molar refractivity (Wildman–Crippen MR) is 55.7 cm³/mol. The molecule has 0 fully saturated rings. The molecule has 0 aliphatic rings. The Balaban J connectivity index is 0.00000196. The third-order valence-corrected chi connectivity index (χ3v) is 1.85. The Hall–Kier alpha value is -0.600. The minimum absolute atomic E-state index is 0. The molecule has 1 aromatic carbocycles. The maximum absolute atomic E-state index is 10.5. The number of hydrogen-bond acceptors (Lipinski definition) is 3. The monoisotopic (exact) mass is 241 g/mol. The van der Waals surface area contributed by atoms with Crippen LogP contribution in [0.15, 0.2) is 24.3 Å². The van der Waals surface area contributed by atoms with Gasteiger partial charge in [-0.25, -0.2) is 4.79 Å². The zero-order valence-corrected chi connectivity index (χ0v) is 7.65. The van der Waals surface area contributed by atoms with E-state index in [1.807, 2.05) is 0 Å². The van der Waals surface area contributed by atoms with Crippen molar-refractivity contribution >= 4 is 51.5 Å². The predicted octanol–water partition coefficient (Wildman–Crippen LogP) is -0.0490. The van der Waals surface area contributed by atoms with Crippen molar-refractivity contribution in [2.45, 2.75) is 0 Å². The summed E-state index contributed by atoms with van der Waals surface area (Å²) in [5.74, 6) is -1.18. The topological polar surface area (TPSA) is 104 Å². The molecule has 0 unspecified atom stereocenters. The fraction of sp³-hybridized carbons (Fsp3) is 0. The Morgan fingerprint density at radius 1 is 1.33 bits per heavy atom. The summed E-state index contributed by atoms with van der Waals surface area (Å²) in [6.45, 7) is 0. The SMILES string of the molecule is O=C(O)c1cccc(NS(=O)(=O)O)c1.[NaH]. The summed E-state index contributed by atoms with van der Waals surface area (Å²) in [5.41, 5.74) is -0.0777. The van der Waals surface area contributed by atoms with Crippen molar-refractivity contribution in [3.8, 4) is 0 Å². The van der Waals surface area contributed by atoms with Crippen LogP contribution in [0.25, 0.3) is 0 Å². The van der Waals surface area contributed by atoms with Gasteiger partial charge in [-0.3, -0.25) is 9.27 Å². The molecule has 0 aliphatic carbocycles. The fourth-order valence-electron chi connectivity index (χ4n) is 0.865. The summed E-state index contributed by atoms with van der Waals surface area (Å²) >= 11 is 0. The van der Waals surface area contributed by atoms with E-state index >= 15 is 0 Å². The first-order valence-corrected chi connectivity index (χ1v) is 4.91. The molecular formula is C7H8NNaO5S. The average Bonchev–Trinajstić information content (AvgIpc) is 2.01. The van der Waals surface area contributed by atoms with Gasteiger partial charge in [0, 0.05) is 0 Å². The Morgan fingerprint density at radius 3 is 2.40 bits per heavy atom. The van der Waals surface area contributed by atoms with Gasteiger partial charge < -0.3 is 5.11 Å². The van der Waals surface area contributed by atoms with E-state index in [-0.39, 0.29) is 40.8 Å². The van der Waals surface area contributed by atoms with Gasteiger partial charge in [0.05, 0.1) is 11.3 Å². The number of anilines is 1. The molecule has 8 heteroatoms.